The molecule has 29 heavy (non-hydrogen) atoms. The molecule has 0 radical (unpaired) electrons. The topological polar surface area (TPSA) is 38.1 Å². The van der Waals surface area contributed by atoms with Crippen molar-refractivity contribution in [2.45, 2.75) is 27.3 Å². The van der Waals surface area contributed by atoms with Crippen LogP contribution in [0.15, 0.2) is 66.7 Å². The number of amides is 1. The van der Waals surface area contributed by atoms with E-state index in [-0.39, 0.29) is 5.91 Å². The third kappa shape index (κ3) is 3.54. The monoisotopic (exact) mass is 383 g/mol. The summed E-state index contributed by atoms with van der Waals surface area (Å²) >= 11 is 0. The summed E-state index contributed by atoms with van der Waals surface area (Å²) in [6.45, 7) is 6.68. The van der Waals surface area contributed by atoms with Crippen LogP contribution in [0.3, 0.4) is 0 Å². The average Bonchev–Trinajstić information content (AvgIpc) is 3.01. The highest BCUT2D eigenvalue weighted by atomic mass is 16.2. The molecule has 0 atom stereocenters. The number of benzene rings is 3. The van der Waals surface area contributed by atoms with Crippen LogP contribution in [0.2, 0.25) is 0 Å². The van der Waals surface area contributed by atoms with E-state index in [0.717, 1.165) is 33.4 Å². The summed E-state index contributed by atoms with van der Waals surface area (Å²) in [5.74, 6) is 0.0122. The van der Waals surface area contributed by atoms with Crippen molar-refractivity contribution >= 4 is 16.7 Å². The predicted octanol–water partition coefficient (Wildman–Crippen LogP) is 5.22. The molecule has 4 nitrogen and oxygen atoms in total. The Morgan fingerprint density at radius 3 is 2.38 bits per heavy atom. The van der Waals surface area contributed by atoms with Crippen molar-refractivity contribution in [1.82, 2.24) is 14.7 Å². The van der Waals surface area contributed by atoms with E-state index >= 15 is 0 Å². The van der Waals surface area contributed by atoms with Gasteiger partial charge in [-0.2, -0.15) is 5.10 Å². The highest BCUT2D eigenvalue weighted by molar-refractivity contribution is 5.98. The lowest BCUT2D eigenvalue weighted by Gasteiger charge is -2.18. The van der Waals surface area contributed by atoms with Crippen LogP contribution in [0.1, 0.15) is 32.9 Å². The minimum atomic E-state index is 0.0122. The van der Waals surface area contributed by atoms with Crippen LogP contribution >= 0.6 is 0 Å². The molecule has 1 aromatic heterocycles. The molecule has 4 aromatic rings. The number of carbonyl (C=O) groups excluding carboxylic acids is 1. The summed E-state index contributed by atoms with van der Waals surface area (Å²) in [7, 11) is 1.85. The van der Waals surface area contributed by atoms with E-state index in [0.29, 0.717) is 12.1 Å². The molecule has 0 saturated heterocycles. The fourth-order valence-electron chi connectivity index (χ4n) is 3.79. The van der Waals surface area contributed by atoms with E-state index < -0.39 is 0 Å². The van der Waals surface area contributed by atoms with Crippen LogP contribution in [-0.2, 0) is 6.54 Å². The van der Waals surface area contributed by atoms with Crippen molar-refractivity contribution in [3.63, 3.8) is 0 Å². The molecule has 146 valence electrons. The van der Waals surface area contributed by atoms with Crippen LogP contribution in [0.5, 0.6) is 0 Å². The summed E-state index contributed by atoms with van der Waals surface area (Å²) in [5.41, 5.74) is 6.05. The molecule has 0 bridgehead atoms. The largest absolute Gasteiger partial charge is 0.337 e. The van der Waals surface area contributed by atoms with Crippen molar-refractivity contribution in [3.05, 3.63) is 94.8 Å². The number of hydrogen-bond acceptors (Lipinski definition) is 2. The van der Waals surface area contributed by atoms with Gasteiger partial charge in [-0.05, 0) is 55.3 Å². The molecule has 0 spiro atoms. The molecule has 4 heteroatoms. The third-order valence-electron chi connectivity index (χ3n) is 5.52. The smallest absolute Gasteiger partial charge is 0.253 e. The van der Waals surface area contributed by atoms with Crippen molar-refractivity contribution in [1.29, 1.82) is 0 Å². The molecule has 0 N–H and O–H groups in total. The van der Waals surface area contributed by atoms with E-state index in [1.807, 2.05) is 67.2 Å². The van der Waals surface area contributed by atoms with Gasteiger partial charge in [0.25, 0.3) is 5.91 Å². The normalized spacial score (nSPS) is 11.0. The summed E-state index contributed by atoms with van der Waals surface area (Å²) in [5, 5.41) is 6.96. The number of carbonyl (C=O) groups is 1. The average molecular weight is 383 g/mol. The second-order valence-corrected chi connectivity index (χ2v) is 7.57. The minimum absolute atomic E-state index is 0.0122. The van der Waals surface area contributed by atoms with Gasteiger partial charge in [-0.15, -0.1) is 0 Å². The summed E-state index contributed by atoms with van der Waals surface area (Å²) < 4.78 is 1.98. The van der Waals surface area contributed by atoms with Gasteiger partial charge in [0, 0.05) is 30.4 Å². The fourth-order valence-corrected chi connectivity index (χ4v) is 3.79. The Labute approximate surface area is 171 Å². The van der Waals surface area contributed by atoms with E-state index in [1.165, 1.54) is 5.56 Å². The maximum absolute atomic E-state index is 13.0. The molecule has 0 aliphatic heterocycles. The van der Waals surface area contributed by atoms with E-state index in [1.54, 1.807) is 4.90 Å². The summed E-state index contributed by atoms with van der Waals surface area (Å²) in [6, 6.07) is 22.2. The van der Waals surface area contributed by atoms with E-state index in [4.69, 9.17) is 5.10 Å². The first kappa shape index (κ1) is 18.9. The van der Waals surface area contributed by atoms with Gasteiger partial charge in [0.1, 0.15) is 0 Å². The molecule has 0 fully saturated rings. The number of aromatic nitrogens is 2. The van der Waals surface area contributed by atoms with Crippen LogP contribution in [0, 0.1) is 20.8 Å². The Kier molecular flexibility index (Phi) is 4.93. The molecule has 0 aliphatic rings. The number of nitrogens with zero attached hydrogens (tertiary/aromatic N) is 3. The number of fused-ring (bicyclic) bond motifs is 1. The van der Waals surface area contributed by atoms with Gasteiger partial charge in [0.05, 0.1) is 11.4 Å². The molecular formula is C25H25N3O. The number of hydrogen-bond donors (Lipinski definition) is 0. The molecule has 1 heterocycles. The zero-order chi connectivity index (χ0) is 20.5. The van der Waals surface area contributed by atoms with Crippen LogP contribution < -0.4 is 0 Å². The Morgan fingerprint density at radius 2 is 1.62 bits per heavy atom. The fraction of sp³-hybridized carbons (Fsp3) is 0.200. The molecule has 0 saturated carbocycles. The van der Waals surface area contributed by atoms with Crippen LogP contribution in [0.4, 0.5) is 0 Å². The molecule has 0 aliphatic carbocycles. The number of aryl methyl sites for hydroxylation is 2. The van der Waals surface area contributed by atoms with Crippen molar-refractivity contribution in [2.75, 3.05) is 7.05 Å². The first-order chi connectivity index (χ1) is 14.0. The lowest BCUT2D eigenvalue weighted by molar-refractivity contribution is 0.0785. The number of para-hydroxylation sites is 1. The van der Waals surface area contributed by atoms with Gasteiger partial charge in [-0.1, -0.05) is 48.5 Å². The van der Waals surface area contributed by atoms with Crippen LogP contribution in [0.25, 0.3) is 16.5 Å². The molecular weight excluding hydrogens is 358 g/mol. The highest BCUT2D eigenvalue weighted by Crippen LogP contribution is 2.22. The summed E-state index contributed by atoms with van der Waals surface area (Å²) in [6.07, 6.45) is 0. The zero-order valence-corrected chi connectivity index (χ0v) is 17.3. The SMILES string of the molecule is Cc1ccccc1-n1nc(C)c(CN(C)C(=O)c2ccc3ccccc3c2)c1C. The van der Waals surface area contributed by atoms with Crippen molar-refractivity contribution < 1.29 is 4.79 Å². The Hall–Kier alpha value is -3.40. The molecule has 4 rings (SSSR count). The quantitative estimate of drug-likeness (QED) is 0.484. The standard InChI is InChI=1S/C25H25N3O/c1-17-9-5-8-12-24(17)28-19(3)23(18(2)26-28)16-27(4)25(29)22-14-13-20-10-6-7-11-21(20)15-22/h5-15H,16H2,1-4H3. The van der Waals surface area contributed by atoms with Gasteiger partial charge in [0.15, 0.2) is 0 Å². The molecule has 0 unspecified atom stereocenters. The maximum atomic E-state index is 13.0. The second-order valence-electron chi connectivity index (χ2n) is 7.57. The van der Waals surface area contributed by atoms with Crippen molar-refractivity contribution in [3.8, 4) is 5.69 Å². The lowest BCUT2D eigenvalue weighted by Crippen LogP contribution is -2.26. The molecule has 1 amide bonds. The van der Waals surface area contributed by atoms with Gasteiger partial charge in [0.2, 0.25) is 0 Å². The van der Waals surface area contributed by atoms with Gasteiger partial charge >= 0.3 is 0 Å². The number of rotatable bonds is 4. The summed E-state index contributed by atoms with van der Waals surface area (Å²) in [4.78, 5) is 14.8. The van der Waals surface area contributed by atoms with Gasteiger partial charge < -0.3 is 4.90 Å². The lowest BCUT2D eigenvalue weighted by atomic mass is 10.1. The Bertz CT molecular complexity index is 1210. The Morgan fingerprint density at radius 1 is 0.931 bits per heavy atom. The minimum Gasteiger partial charge on any atom is -0.337 e. The first-order valence-corrected chi connectivity index (χ1v) is 9.81. The van der Waals surface area contributed by atoms with Crippen molar-refractivity contribution in [2.24, 2.45) is 0 Å². The predicted molar refractivity (Wildman–Crippen MR) is 118 cm³/mol. The maximum Gasteiger partial charge on any atom is 0.253 e. The second kappa shape index (κ2) is 7.55. The van der Waals surface area contributed by atoms with Gasteiger partial charge in [-0.25, -0.2) is 4.68 Å². The van der Waals surface area contributed by atoms with Crippen LogP contribution in [-0.4, -0.2) is 27.6 Å². The first-order valence-electron chi connectivity index (χ1n) is 9.81. The zero-order valence-electron chi connectivity index (χ0n) is 17.3. The van der Waals surface area contributed by atoms with Gasteiger partial charge in [-0.3, -0.25) is 4.79 Å². The third-order valence-corrected chi connectivity index (χ3v) is 5.52. The molecule has 3 aromatic carbocycles. The van der Waals surface area contributed by atoms with E-state index in [9.17, 15) is 4.79 Å². The van der Waals surface area contributed by atoms with E-state index in [2.05, 4.69) is 32.0 Å². The Balaban J connectivity index is 1.61. The highest BCUT2D eigenvalue weighted by Gasteiger charge is 2.19.